The van der Waals surface area contributed by atoms with Crippen molar-refractivity contribution < 1.29 is 0 Å². The minimum atomic E-state index is 0.840. The molecule has 0 spiro atoms. The summed E-state index contributed by atoms with van der Waals surface area (Å²) in [6, 6.07) is 0. The molecule has 16 heavy (non-hydrogen) atoms. The highest BCUT2D eigenvalue weighted by molar-refractivity contribution is 6.17. The van der Waals surface area contributed by atoms with Crippen LogP contribution in [0.1, 0.15) is 51.4 Å². The molecule has 3 unspecified atom stereocenters. The van der Waals surface area contributed by atoms with E-state index in [-0.39, 0.29) is 0 Å². The molecule has 0 amide bonds. The van der Waals surface area contributed by atoms with Crippen LogP contribution in [0.15, 0.2) is 12.7 Å². The fourth-order valence-corrected chi connectivity index (χ4v) is 3.85. The van der Waals surface area contributed by atoms with Crippen molar-refractivity contribution in [3.05, 3.63) is 12.7 Å². The van der Waals surface area contributed by atoms with Gasteiger partial charge in [-0.15, -0.1) is 18.2 Å². The Hall–Kier alpha value is 0.0300. The van der Waals surface area contributed by atoms with Crippen molar-refractivity contribution in [2.45, 2.75) is 51.4 Å². The van der Waals surface area contributed by atoms with E-state index in [1.165, 1.54) is 51.4 Å². The molecule has 0 radical (unpaired) electrons. The Labute approximate surface area is 105 Å². The Bertz CT molecular complexity index is 217. The van der Waals surface area contributed by atoms with Crippen LogP contribution in [0.25, 0.3) is 0 Å². The van der Waals surface area contributed by atoms with Crippen molar-refractivity contribution in [2.24, 2.45) is 23.7 Å². The van der Waals surface area contributed by atoms with Gasteiger partial charge >= 0.3 is 0 Å². The van der Waals surface area contributed by atoms with Crippen LogP contribution in [0.3, 0.4) is 0 Å². The third-order valence-corrected chi connectivity index (χ3v) is 4.94. The van der Waals surface area contributed by atoms with E-state index in [2.05, 4.69) is 12.7 Å². The van der Waals surface area contributed by atoms with Crippen LogP contribution in [0.5, 0.6) is 0 Å². The molecule has 0 aliphatic heterocycles. The average Bonchev–Trinajstić information content (AvgIpc) is 2.88. The van der Waals surface area contributed by atoms with Crippen molar-refractivity contribution >= 4 is 11.6 Å². The lowest BCUT2D eigenvalue weighted by molar-refractivity contribution is 0.269. The summed E-state index contributed by atoms with van der Waals surface area (Å²) in [4.78, 5) is 0. The second-order valence-electron chi connectivity index (χ2n) is 5.69. The minimum Gasteiger partial charge on any atom is -0.127 e. The number of unbranched alkanes of at least 4 members (excludes halogenated alkanes) is 1. The Morgan fingerprint density at radius 2 is 2.00 bits per heavy atom. The number of rotatable bonds is 7. The van der Waals surface area contributed by atoms with Crippen LogP contribution in [0.4, 0.5) is 0 Å². The van der Waals surface area contributed by atoms with E-state index in [1.54, 1.807) is 0 Å². The Kier molecular flexibility index (Phi) is 4.76. The van der Waals surface area contributed by atoms with Crippen molar-refractivity contribution in [1.82, 2.24) is 0 Å². The van der Waals surface area contributed by atoms with Gasteiger partial charge in [0.15, 0.2) is 0 Å². The Morgan fingerprint density at radius 3 is 2.56 bits per heavy atom. The quantitative estimate of drug-likeness (QED) is 0.333. The standard InChI is InChI=1S/C15H25Cl/c1-2-12-11-15(12)14(9-5-6-10-16)13-7-3-4-8-13/h2,12-15H,1,3-11H2. The van der Waals surface area contributed by atoms with Gasteiger partial charge in [0.2, 0.25) is 0 Å². The topological polar surface area (TPSA) is 0 Å². The molecule has 0 aromatic carbocycles. The second-order valence-corrected chi connectivity index (χ2v) is 6.07. The van der Waals surface area contributed by atoms with E-state index in [4.69, 9.17) is 11.6 Å². The van der Waals surface area contributed by atoms with E-state index in [1.807, 2.05) is 0 Å². The predicted octanol–water partition coefficient (Wildman–Crippen LogP) is 5.02. The minimum absolute atomic E-state index is 0.840. The molecule has 0 nitrogen and oxygen atoms in total. The van der Waals surface area contributed by atoms with Crippen molar-refractivity contribution in [2.75, 3.05) is 5.88 Å². The zero-order valence-corrected chi connectivity index (χ0v) is 11.1. The molecule has 0 saturated heterocycles. The van der Waals surface area contributed by atoms with Gasteiger partial charge in [0.05, 0.1) is 0 Å². The summed E-state index contributed by atoms with van der Waals surface area (Å²) < 4.78 is 0. The number of hydrogen-bond donors (Lipinski definition) is 0. The lowest BCUT2D eigenvalue weighted by atomic mass is 9.82. The summed E-state index contributed by atoms with van der Waals surface area (Å²) in [5.41, 5.74) is 0. The van der Waals surface area contributed by atoms with E-state index in [0.29, 0.717) is 0 Å². The maximum absolute atomic E-state index is 5.78. The Balaban J connectivity index is 1.83. The van der Waals surface area contributed by atoms with E-state index < -0.39 is 0 Å². The van der Waals surface area contributed by atoms with Crippen LogP contribution in [0, 0.1) is 23.7 Å². The molecule has 2 aliphatic rings. The van der Waals surface area contributed by atoms with Crippen molar-refractivity contribution in [3.63, 3.8) is 0 Å². The van der Waals surface area contributed by atoms with Crippen molar-refractivity contribution in [1.29, 1.82) is 0 Å². The molecule has 0 aromatic heterocycles. The summed E-state index contributed by atoms with van der Waals surface area (Å²) in [7, 11) is 0. The molecule has 2 saturated carbocycles. The SMILES string of the molecule is C=CC1CC1C(CCCCCl)C1CCCC1. The van der Waals surface area contributed by atoms with E-state index in [0.717, 1.165) is 29.6 Å². The lowest BCUT2D eigenvalue weighted by Crippen LogP contribution is -2.15. The largest absolute Gasteiger partial charge is 0.127 e. The third-order valence-electron chi connectivity index (χ3n) is 4.67. The molecule has 1 heteroatoms. The molecule has 0 bridgehead atoms. The van der Waals surface area contributed by atoms with Crippen molar-refractivity contribution in [3.8, 4) is 0 Å². The van der Waals surface area contributed by atoms with Gasteiger partial charge in [-0.25, -0.2) is 0 Å². The van der Waals surface area contributed by atoms with Gasteiger partial charge in [-0.1, -0.05) is 38.2 Å². The van der Waals surface area contributed by atoms with Gasteiger partial charge in [-0.05, 0) is 42.9 Å². The van der Waals surface area contributed by atoms with Gasteiger partial charge in [-0.2, -0.15) is 0 Å². The molecule has 2 rings (SSSR count). The van der Waals surface area contributed by atoms with E-state index >= 15 is 0 Å². The number of alkyl halides is 1. The molecule has 2 aliphatic carbocycles. The zero-order chi connectivity index (χ0) is 11.4. The van der Waals surface area contributed by atoms with Crippen LogP contribution in [-0.2, 0) is 0 Å². The highest BCUT2D eigenvalue weighted by Gasteiger charge is 2.43. The van der Waals surface area contributed by atoms with Gasteiger partial charge in [0.25, 0.3) is 0 Å². The molecular formula is C15H25Cl. The third kappa shape index (κ3) is 3.03. The van der Waals surface area contributed by atoms with Crippen LogP contribution < -0.4 is 0 Å². The molecule has 92 valence electrons. The molecule has 0 N–H and O–H groups in total. The van der Waals surface area contributed by atoms with Gasteiger partial charge < -0.3 is 0 Å². The summed E-state index contributed by atoms with van der Waals surface area (Å²) in [6.45, 7) is 3.96. The maximum atomic E-state index is 5.78. The fraction of sp³-hybridized carbons (Fsp3) is 0.867. The highest BCUT2D eigenvalue weighted by Crippen LogP contribution is 2.52. The maximum Gasteiger partial charge on any atom is 0.0223 e. The predicted molar refractivity (Wildman–Crippen MR) is 71.8 cm³/mol. The first-order valence-electron chi connectivity index (χ1n) is 7.05. The first-order valence-corrected chi connectivity index (χ1v) is 7.58. The van der Waals surface area contributed by atoms with Gasteiger partial charge in [0, 0.05) is 5.88 Å². The smallest absolute Gasteiger partial charge is 0.0223 e. The average molecular weight is 241 g/mol. The van der Waals surface area contributed by atoms with Crippen LogP contribution in [-0.4, -0.2) is 5.88 Å². The van der Waals surface area contributed by atoms with Crippen LogP contribution in [0.2, 0.25) is 0 Å². The second kappa shape index (κ2) is 6.10. The normalized spacial score (nSPS) is 31.6. The Morgan fingerprint density at radius 1 is 1.25 bits per heavy atom. The molecule has 0 heterocycles. The first kappa shape index (κ1) is 12.5. The van der Waals surface area contributed by atoms with Crippen LogP contribution >= 0.6 is 11.6 Å². The molecular weight excluding hydrogens is 216 g/mol. The summed E-state index contributed by atoms with van der Waals surface area (Å²) in [5.74, 6) is 4.70. The molecule has 2 fully saturated rings. The summed E-state index contributed by atoms with van der Waals surface area (Å²) in [6.07, 6.45) is 13.5. The highest BCUT2D eigenvalue weighted by atomic mass is 35.5. The number of hydrogen-bond acceptors (Lipinski definition) is 0. The zero-order valence-electron chi connectivity index (χ0n) is 10.3. The fourth-order valence-electron chi connectivity index (χ4n) is 3.66. The number of halogens is 1. The summed E-state index contributed by atoms with van der Waals surface area (Å²) >= 11 is 5.78. The lowest BCUT2D eigenvalue weighted by Gasteiger charge is -2.23. The number of allylic oxidation sites excluding steroid dienone is 1. The monoisotopic (exact) mass is 240 g/mol. The van der Waals surface area contributed by atoms with Gasteiger partial charge in [0.1, 0.15) is 0 Å². The van der Waals surface area contributed by atoms with E-state index in [9.17, 15) is 0 Å². The molecule has 0 aromatic rings. The first-order chi connectivity index (χ1) is 7.86. The summed E-state index contributed by atoms with van der Waals surface area (Å²) in [5, 5.41) is 0. The van der Waals surface area contributed by atoms with Gasteiger partial charge in [-0.3, -0.25) is 0 Å². The molecule has 3 atom stereocenters.